The topological polar surface area (TPSA) is 26.3 Å². The summed E-state index contributed by atoms with van der Waals surface area (Å²) in [6.07, 6.45) is 33.8. The van der Waals surface area contributed by atoms with E-state index < -0.39 is 0 Å². The number of hydrogen-bond donors (Lipinski definition) is 0. The van der Waals surface area contributed by atoms with E-state index in [9.17, 15) is 4.79 Å². The van der Waals surface area contributed by atoms with Crippen molar-refractivity contribution in [1.82, 2.24) is 0 Å². The zero-order chi connectivity index (χ0) is 36.7. The van der Waals surface area contributed by atoms with Crippen molar-refractivity contribution in [2.45, 2.75) is 163 Å². The third kappa shape index (κ3) is 11.1. The molecule has 3 heteroatoms. The van der Waals surface area contributed by atoms with Gasteiger partial charge in [-0.3, -0.25) is 4.79 Å². The summed E-state index contributed by atoms with van der Waals surface area (Å²) >= 11 is 3.20. The number of ether oxygens (including phenoxy) is 1. The van der Waals surface area contributed by atoms with Crippen LogP contribution < -0.4 is 0 Å². The van der Waals surface area contributed by atoms with Crippen molar-refractivity contribution < 1.29 is 9.53 Å². The van der Waals surface area contributed by atoms with Gasteiger partial charge in [-0.05, 0) is 166 Å². The van der Waals surface area contributed by atoms with Crippen LogP contribution in [0.25, 0.3) is 0 Å². The highest BCUT2D eigenvalue weighted by Crippen LogP contribution is 2.67. The average molecular weight is 758 g/mol. The molecular weight excluding hydrogens is 688 g/mol. The van der Waals surface area contributed by atoms with Gasteiger partial charge < -0.3 is 4.74 Å². The minimum atomic E-state index is -0.00504. The summed E-state index contributed by atoms with van der Waals surface area (Å²) in [5.41, 5.74) is 3.89. The van der Waals surface area contributed by atoms with E-state index >= 15 is 0 Å². The van der Waals surface area contributed by atoms with Gasteiger partial charge in [-0.1, -0.05) is 117 Å². The smallest absolute Gasteiger partial charge is 0.306 e. The van der Waals surface area contributed by atoms with E-state index in [-0.39, 0.29) is 17.5 Å². The summed E-state index contributed by atoms with van der Waals surface area (Å²) in [5.74, 6) is 17.1. The normalized spacial score (nSPS) is 30.6. The van der Waals surface area contributed by atoms with Gasteiger partial charge in [-0.2, -0.15) is 0 Å². The quantitative estimate of drug-likeness (QED) is 0.0678. The molecular formula is C48H69BrO2. The maximum atomic E-state index is 12.8. The number of fused-ring (bicyclic) bond motifs is 5. The molecule has 0 aromatic carbocycles. The third-order valence-corrected chi connectivity index (χ3v) is 14.3. The van der Waals surface area contributed by atoms with Crippen LogP contribution in [-0.4, -0.2) is 12.1 Å². The summed E-state index contributed by atoms with van der Waals surface area (Å²) < 4.78 is 6.10. The maximum absolute atomic E-state index is 12.8. The molecule has 0 aromatic rings. The van der Waals surface area contributed by atoms with Gasteiger partial charge in [0.1, 0.15) is 6.10 Å². The van der Waals surface area contributed by atoms with Crippen molar-refractivity contribution in [2.75, 3.05) is 0 Å². The maximum Gasteiger partial charge on any atom is 0.306 e. The number of hydrogen-bond acceptors (Lipinski definition) is 2. The Labute approximate surface area is 322 Å². The van der Waals surface area contributed by atoms with Crippen LogP contribution in [0, 0.1) is 70.0 Å². The zero-order valence-electron chi connectivity index (χ0n) is 32.9. The molecule has 0 saturated heterocycles. The summed E-state index contributed by atoms with van der Waals surface area (Å²) in [5, 5.41) is 0. The fourth-order valence-corrected chi connectivity index (χ4v) is 11.2. The molecule has 8 atom stereocenters. The van der Waals surface area contributed by atoms with Crippen molar-refractivity contribution in [2.24, 2.45) is 46.3 Å². The summed E-state index contributed by atoms with van der Waals surface area (Å²) in [6, 6.07) is 0. The van der Waals surface area contributed by atoms with Gasteiger partial charge >= 0.3 is 5.97 Å². The number of allylic oxidation sites excluding steroid dienone is 7. The lowest BCUT2D eigenvalue weighted by Gasteiger charge is -2.58. The first kappa shape index (κ1) is 41.5. The number of unbranched alkanes of at least 4 members (excludes halogenated alkanes) is 4. The Morgan fingerprint density at radius 3 is 2.45 bits per heavy atom. The van der Waals surface area contributed by atoms with E-state index in [4.69, 9.17) is 4.74 Å². The molecule has 0 radical (unpaired) electrons. The van der Waals surface area contributed by atoms with Crippen LogP contribution >= 0.6 is 15.9 Å². The van der Waals surface area contributed by atoms with E-state index in [1.165, 1.54) is 69.8 Å². The van der Waals surface area contributed by atoms with E-state index in [1.807, 2.05) is 12.2 Å². The Morgan fingerprint density at radius 1 is 0.961 bits per heavy atom. The summed E-state index contributed by atoms with van der Waals surface area (Å²) in [4.78, 5) is 14.6. The average Bonchev–Trinajstić information content (AvgIpc) is 3.48. The van der Waals surface area contributed by atoms with Gasteiger partial charge in [0.2, 0.25) is 0 Å². The monoisotopic (exact) mass is 756 g/mol. The highest BCUT2D eigenvalue weighted by Gasteiger charge is 2.59. The van der Waals surface area contributed by atoms with E-state index in [1.54, 1.807) is 16.6 Å². The molecule has 4 aliphatic carbocycles. The number of rotatable bonds is 16. The highest BCUT2D eigenvalue weighted by molar-refractivity contribution is 9.11. The molecule has 0 amide bonds. The van der Waals surface area contributed by atoms with Gasteiger partial charge in [0.05, 0.1) is 0 Å². The molecule has 4 aliphatic rings. The molecule has 51 heavy (non-hydrogen) atoms. The number of esters is 1. The molecule has 0 N–H and O–H groups in total. The van der Waals surface area contributed by atoms with Crippen LogP contribution in [0.3, 0.4) is 0 Å². The largest absolute Gasteiger partial charge is 0.462 e. The van der Waals surface area contributed by atoms with E-state index in [0.29, 0.717) is 17.8 Å². The molecule has 3 fully saturated rings. The fraction of sp³-hybridized carbons (Fsp3) is 0.688. The second kappa shape index (κ2) is 20.9. The minimum absolute atomic E-state index is 0.00504. The van der Waals surface area contributed by atoms with Crippen LogP contribution in [0.4, 0.5) is 0 Å². The molecule has 0 bridgehead atoms. The Kier molecular flexibility index (Phi) is 17.0. The second-order valence-electron chi connectivity index (χ2n) is 16.9. The standard InChI is InChI=1S/C48H69BrO2/c1-7-39(8-2)37(3)25-26-38(4)43-29-30-44-42-28-27-40-36-41(31-33-47(40,5)45(42)32-34-48(43,44)6)51-46(50)24-22-20-18-16-14-12-10-9-11-13-15-17-19-21-23-35-49/h9-10,15,17,23,27,35,38-39,41-45H,3,7-8,11,13,16,18,20,22,24-26,28-34,36H2,1-2,4-6H3. The van der Waals surface area contributed by atoms with Crippen molar-refractivity contribution in [3.05, 3.63) is 59.2 Å². The number of carbonyl (C=O) groups is 1. The van der Waals surface area contributed by atoms with Crippen molar-refractivity contribution in [1.29, 1.82) is 0 Å². The summed E-state index contributed by atoms with van der Waals surface area (Å²) in [6.45, 7) is 17.0. The Hall–Kier alpha value is -2.23. The van der Waals surface area contributed by atoms with Crippen LogP contribution in [0.1, 0.15) is 157 Å². The van der Waals surface area contributed by atoms with Crippen molar-refractivity contribution in [3.63, 3.8) is 0 Å². The lowest BCUT2D eigenvalue weighted by molar-refractivity contribution is -0.151. The Bertz CT molecular complexity index is 1390. The Balaban J connectivity index is 1.16. The van der Waals surface area contributed by atoms with Crippen LogP contribution in [0.2, 0.25) is 0 Å². The molecule has 0 heterocycles. The van der Waals surface area contributed by atoms with Gasteiger partial charge in [0, 0.05) is 19.3 Å². The lowest BCUT2D eigenvalue weighted by Crippen LogP contribution is -2.51. The van der Waals surface area contributed by atoms with E-state index in [2.05, 4.69) is 99.0 Å². The van der Waals surface area contributed by atoms with E-state index in [0.717, 1.165) is 81.0 Å². The Morgan fingerprint density at radius 2 is 1.71 bits per heavy atom. The lowest BCUT2D eigenvalue weighted by atomic mass is 9.47. The molecule has 8 unspecified atom stereocenters. The molecule has 2 nitrogen and oxygen atoms in total. The van der Waals surface area contributed by atoms with Crippen LogP contribution in [-0.2, 0) is 9.53 Å². The first-order valence-electron chi connectivity index (χ1n) is 20.8. The minimum Gasteiger partial charge on any atom is -0.462 e. The first-order valence-corrected chi connectivity index (χ1v) is 21.7. The zero-order valence-corrected chi connectivity index (χ0v) is 34.5. The van der Waals surface area contributed by atoms with Gasteiger partial charge in [0.15, 0.2) is 0 Å². The SMILES string of the molecule is C=C(CCC(C)C1CCC2C3CC=C4CC(OC(=O)CCCCCC#CC=CCCC=CC#CC=CBr)CCC4(C)C3CCC12C)C(CC)CC. The number of carbonyl (C=O) groups excluding carboxylic acids is 1. The van der Waals surface area contributed by atoms with Crippen molar-refractivity contribution >= 4 is 21.9 Å². The van der Waals surface area contributed by atoms with Gasteiger partial charge in [0.25, 0.3) is 0 Å². The fourth-order valence-electron chi connectivity index (χ4n) is 11.0. The highest BCUT2D eigenvalue weighted by atomic mass is 79.9. The second-order valence-corrected chi connectivity index (χ2v) is 17.4. The number of halogens is 1. The first-order chi connectivity index (χ1) is 24.7. The molecule has 3 saturated carbocycles. The van der Waals surface area contributed by atoms with Gasteiger partial charge in [-0.15, -0.1) is 0 Å². The third-order valence-electron chi connectivity index (χ3n) is 14.0. The molecule has 4 rings (SSSR count). The molecule has 0 spiro atoms. The predicted octanol–water partition coefficient (Wildman–Crippen LogP) is 13.6. The van der Waals surface area contributed by atoms with Crippen LogP contribution in [0.15, 0.2) is 59.2 Å². The molecule has 280 valence electrons. The summed E-state index contributed by atoms with van der Waals surface area (Å²) in [7, 11) is 0. The predicted molar refractivity (Wildman–Crippen MR) is 221 cm³/mol. The molecule has 0 aliphatic heterocycles. The van der Waals surface area contributed by atoms with Gasteiger partial charge in [-0.25, -0.2) is 0 Å². The van der Waals surface area contributed by atoms with Crippen molar-refractivity contribution in [3.8, 4) is 23.7 Å². The van der Waals surface area contributed by atoms with Crippen LogP contribution in [0.5, 0.6) is 0 Å². The molecule has 0 aromatic heterocycles.